The van der Waals surface area contributed by atoms with Crippen LogP contribution in [0.5, 0.6) is 5.75 Å². The largest absolute Gasteiger partial charge is 0.497 e. The zero-order valence-electron chi connectivity index (χ0n) is 17.4. The molecule has 0 radical (unpaired) electrons. The fourth-order valence-electron chi connectivity index (χ4n) is 3.32. The number of anilines is 1. The number of ether oxygens (including phenoxy) is 1. The van der Waals surface area contributed by atoms with Gasteiger partial charge in [0.25, 0.3) is 0 Å². The predicted molar refractivity (Wildman–Crippen MR) is 113 cm³/mol. The standard InChI is InChI=1S/C22H30N4O3/c1-4-12-25(22(28)23-17-7-5-9-20(14-17)29-3)16-21(27)26(18-10-11-18)15-19-8-6-13-24(19)2/h5-9,13-14,18H,4,10-12,15-16H2,1-3H3,(H,23,28). The fourth-order valence-corrected chi connectivity index (χ4v) is 3.32. The molecule has 0 unspecified atom stereocenters. The highest BCUT2D eigenvalue weighted by Crippen LogP contribution is 2.28. The van der Waals surface area contributed by atoms with Gasteiger partial charge in [0, 0.05) is 43.3 Å². The number of carbonyl (C=O) groups excluding carboxylic acids is 2. The molecule has 0 saturated heterocycles. The molecule has 3 amide bonds. The Labute approximate surface area is 172 Å². The van der Waals surface area contributed by atoms with Gasteiger partial charge >= 0.3 is 6.03 Å². The molecule has 0 aliphatic heterocycles. The maximum Gasteiger partial charge on any atom is 0.322 e. The van der Waals surface area contributed by atoms with Crippen LogP contribution in [0, 0.1) is 0 Å². The maximum absolute atomic E-state index is 13.1. The normalized spacial score (nSPS) is 13.1. The zero-order valence-corrected chi connectivity index (χ0v) is 17.4. The number of hydrogen-bond acceptors (Lipinski definition) is 3. The number of rotatable bonds is 9. The van der Waals surface area contributed by atoms with Crippen molar-refractivity contribution in [2.75, 3.05) is 25.5 Å². The minimum atomic E-state index is -0.275. The van der Waals surface area contributed by atoms with Crippen molar-refractivity contribution in [1.82, 2.24) is 14.4 Å². The third kappa shape index (κ3) is 5.53. The first-order valence-electron chi connectivity index (χ1n) is 10.1. The molecule has 7 nitrogen and oxygen atoms in total. The van der Waals surface area contributed by atoms with Crippen LogP contribution in [0.4, 0.5) is 10.5 Å². The van der Waals surface area contributed by atoms with Crippen molar-refractivity contribution in [2.45, 2.75) is 38.8 Å². The van der Waals surface area contributed by atoms with E-state index in [1.807, 2.05) is 53.9 Å². The Morgan fingerprint density at radius 2 is 2.03 bits per heavy atom. The molecule has 7 heteroatoms. The van der Waals surface area contributed by atoms with Crippen molar-refractivity contribution in [3.05, 3.63) is 48.3 Å². The van der Waals surface area contributed by atoms with E-state index in [-0.39, 0.29) is 24.5 Å². The van der Waals surface area contributed by atoms with Gasteiger partial charge in [0.1, 0.15) is 12.3 Å². The molecule has 0 bridgehead atoms. The van der Waals surface area contributed by atoms with E-state index in [0.717, 1.165) is 25.0 Å². The number of carbonyl (C=O) groups is 2. The summed E-state index contributed by atoms with van der Waals surface area (Å²) in [5.41, 5.74) is 1.74. The van der Waals surface area contributed by atoms with Crippen molar-refractivity contribution >= 4 is 17.6 Å². The lowest BCUT2D eigenvalue weighted by molar-refractivity contribution is -0.133. The number of amides is 3. The number of methoxy groups -OCH3 is 1. The average molecular weight is 399 g/mol. The highest BCUT2D eigenvalue weighted by atomic mass is 16.5. The Morgan fingerprint density at radius 1 is 1.24 bits per heavy atom. The fraction of sp³-hybridized carbons (Fsp3) is 0.455. The number of benzene rings is 1. The van der Waals surface area contributed by atoms with Crippen LogP contribution in [0.15, 0.2) is 42.6 Å². The summed E-state index contributed by atoms with van der Waals surface area (Å²) >= 11 is 0. The third-order valence-electron chi connectivity index (χ3n) is 5.12. The summed E-state index contributed by atoms with van der Waals surface area (Å²) in [5.74, 6) is 0.659. The first-order valence-corrected chi connectivity index (χ1v) is 10.1. The van der Waals surface area contributed by atoms with E-state index >= 15 is 0 Å². The van der Waals surface area contributed by atoms with E-state index < -0.39 is 0 Å². The number of urea groups is 1. The summed E-state index contributed by atoms with van der Waals surface area (Å²) in [5, 5.41) is 2.88. The van der Waals surface area contributed by atoms with Crippen LogP contribution < -0.4 is 10.1 Å². The van der Waals surface area contributed by atoms with Crippen LogP contribution in [0.3, 0.4) is 0 Å². The molecule has 1 N–H and O–H groups in total. The summed E-state index contributed by atoms with van der Waals surface area (Å²) in [6.45, 7) is 3.16. The molecule has 1 fully saturated rings. The molecule has 29 heavy (non-hydrogen) atoms. The second-order valence-corrected chi connectivity index (χ2v) is 7.45. The van der Waals surface area contributed by atoms with Crippen LogP contribution in [0.25, 0.3) is 0 Å². The van der Waals surface area contributed by atoms with Gasteiger partial charge in [-0.05, 0) is 43.5 Å². The summed E-state index contributed by atoms with van der Waals surface area (Å²) in [7, 11) is 3.57. The predicted octanol–water partition coefficient (Wildman–Crippen LogP) is 3.47. The highest BCUT2D eigenvalue weighted by molar-refractivity contribution is 5.92. The van der Waals surface area contributed by atoms with E-state index in [0.29, 0.717) is 24.5 Å². The van der Waals surface area contributed by atoms with Crippen LogP contribution >= 0.6 is 0 Å². The van der Waals surface area contributed by atoms with Gasteiger partial charge in [-0.1, -0.05) is 13.0 Å². The SMILES string of the molecule is CCCN(CC(=O)N(Cc1cccn1C)C1CC1)C(=O)Nc1cccc(OC)c1. The minimum absolute atomic E-state index is 0.0112. The second-order valence-electron chi connectivity index (χ2n) is 7.45. The molecule has 1 heterocycles. The van der Waals surface area contributed by atoms with E-state index in [9.17, 15) is 9.59 Å². The summed E-state index contributed by atoms with van der Waals surface area (Å²) in [4.78, 5) is 29.4. The lowest BCUT2D eigenvalue weighted by atomic mass is 10.3. The lowest BCUT2D eigenvalue weighted by Crippen LogP contribution is -2.45. The van der Waals surface area contributed by atoms with Gasteiger partial charge in [0.15, 0.2) is 0 Å². The van der Waals surface area contributed by atoms with E-state index in [1.54, 1.807) is 24.1 Å². The molecule has 0 spiro atoms. The van der Waals surface area contributed by atoms with E-state index in [2.05, 4.69) is 5.32 Å². The Hall–Kier alpha value is -2.96. The average Bonchev–Trinajstić information content (AvgIpc) is 3.47. The van der Waals surface area contributed by atoms with Crippen molar-refractivity contribution in [1.29, 1.82) is 0 Å². The number of nitrogens with zero attached hydrogens (tertiary/aromatic N) is 3. The smallest absolute Gasteiger partial charge is 0.322 e. The molecule has 1 aliphatic carbocycles. The molecule has 1 saturated carbocycles. The Morgan fingerprint density at radius 3 is 2.66 bits per heavy atom. The summed E-state index contributed by atoms with van der Waals surface area (Å²) in [6.07, 6.45) is 4.82. The van der Waals surface area contributed by atoms with Gasteiger partial charge in [-0.25, -0.2) is 4.79 Å². The van der Waals surface area contributed by atoms with Gasteiger partial charge < -0.3 is 24.4 Å². The molecule has 1 aliphatic rings. The summed E-state index contributed by atoms with van der Waals surface area (Å²) in [6, 6.07) is 11.2. The Balaban J connectivity index is 1.66. The van der Waals surface area contributed by atoms with Crippen LogP contribution in [0.1, 0.15) is 31.9 Å². The molecule has 2 aromatic rings. The number of aromatic nitrogens is 1. The minimum Gasteiger partial charge on any atom is -0.497 e. The van der Waals surface area contributed by atoms with Gasteiger partial charge in [0.05, 0.1) is 13.7 Å². The van der Waals surface area contributed by atoms with Crippen molar-refractivity contribution in [3.8, 4) is 5.75 Å². The van der Waals surface area contributed by atoms with Crippen molar-refractivity contribution in [3.63, 3.8) is 0 Å². The highest BCUT2D eigenvalue weighted by Gasteiger charge is 2.34. The molecule has 156 valence electrons. The van der Waals surface area contributed by atoms with Crippen molar-refractivity contribution < 1.29 is 14.3 Å². The molecular weight excluding hydrogens is 368 g/mol. The molecular formula is C22H30N4O3. The monoisotopic (exact) mass is 398 g/mol. The topological polar surface area (TPSA) is 66.8 Å². The first-order chi connectivity index (χ1) is 14.0. The number of hydrogen-bond donors (Lipinski definition) is 1. The van der Waals surface area contributed by atoms with Crippen LogP contribution in [-0.2, 0) is 18.4 Å². The van der Waals surface area contributed by atoms with Crippen LogP contribution in [-0.4, -0.2) is 52.5 Å². The Kier molecular flexibility index (Phi) is 6.80. The molecule has 3 rings (SSSR count). The van der Waals surface area contributed by atoms with E-state index in [4.69, 9.17) is 4.74 Å². The third-order valence-corrected chi connectivity index (χ3v) is 5.12. The number of aryl methyl sites for hydroxylation is 1. The second kappa shape index (κ2) is 9.49. The van der Waals surface area contributed by atoms with E-state index in [1.165, 1.54) is 0 Å². The van der Waals surface area contributed by atoms with Crippen molar-refractivity contribution in [2.24, 2.45) is 7.05 Å². The molecule has 0 atom stereocenters. The van der Waals surface area contributed by atoms with Gasteiger partial charge in [0.2, 0.25) is 5.91 Å². The summed E-state index contributed by atoms with van der Waals surface area (Å²) < 4.78 is 7.24. The van der Waals surface area contributed by atoms with Gasteiger partial charge in [-0.15, -0.1) is 0 Å². The quantitative estimate of drug-likeness (QED) is 0.703. The molecule has 1 aromatic heterocycles. The zero-order chi connectivity index (χ0) is 20.8. The Bertz CT molecular complexity index is 844. The van der Waals surface area contributed by atoms with Crippen LogP contribution in [0.2, 0.25) is 0 Å². The first kappa shape index (κ1) is 20.8. The lowest BCUT2D eigenvalue weighted by Gasteiger charge is -2.28. The van der Waals surface area contributed by atoms with Gasteiger partial charge in [-0.3, -0.25) is 4.79 Å². The van der Waals surface area contributed by atoms with Gasteiger partial charge in [-0.2, -0.15) is 0 Å². The molecule has 1 aromatic carbocycles. The number of nitrogens with one attached hydrogen (secondary N) is 1. The maximum atomic E-state index is 13.1.